The van der Waals surface area contributed by atoms with Gasteiger partial charge in [-0.3, -0.25) is 9.79 Å². The van der Waals surface area contributed by atoms with Gasteiger partial charge in [0, 0.05) is 18.9 Å². The SMILES string of the molecule is C=CCOC1C(=O)CC1CN=CC(=NN)C(=O)OCC. The van der Waals surface area contributed by atoms with Crippen molar-refractivity contribution in [2.24, 2.45) is 21.9 Å². The van der Waals surface area contributed by atoms with Crippen LogP contribution in [0.5, 0.6) is 0 Å². The van der Waals surface area contributed by atoms with E-state index in [0.29, 0.717) is 19.6 Å². The minimum atomic E-state index is -0.622. The molecule has 1 fully saturated rings. The molecule has 110 valence electrons. The lowest BCUT2D eigenvalue weighted by Crippen LogP contribution is -2.46. The highest BCUT2D eigenvalue weighted by atomic mass is 16.5. The summed E-state index contributed by atoms with van der Waals surface area (Å²) in [5.74, 6) is 4.54. The third-order valence-electron chi connectivity index (χ3n) is 2.78. The molecule has 1 saturated carbocycles. The lowest BCUT2D eigenvalue weighted by molar-refractivity contribution is -0.146. The molecule has 0 radical (unpaired) electrons. The smallest absolute Gasteiger partial charge is 0.360 e. The first-order valence-corrected chi connectivity index (χ1v) is 6.34. The van der Waals surface area contributed by atoms with Crippen LogP contribution in [-0.2, 0) is 19.1 Å². The zero-order valence-electron chi connectivity index (χ0n) is 11.4. The van der Waals surface area contributed by atoms with E-state index in [1.54, 1.807) is 13.0 Å². The van der Waals surface area contributed by atoms with E-state index in [-0.39, 0.29) is 24.0 Å². The molecule has 0 saturated heterocycles. The third-order valence-corrected chi connectivity index (χ3v) is 2.78. The van der Waals surface area contributed by atoms with E-state index in [1.165, 1.54) is 6.21 Å². The van der Waals surface area contributed by atoms with Gasteiger partial charge in [0.2, 0.25) is 0 Å². The fourth-order valence-corrected chi connectivity index (χ4v) is 1.76. The van der Waals surface area contributed by atoms with E-state index in [1.807, 2.05) is 0 Å². The van der Waals surface area contributed by atoms with Crippen LogP contribution in [0, 0.1) is 5.92 Å². The van der Waals surface area contributed by atoms with Gasteiger partial charge in [-0.2, -0.15) is 5.10 Å². The highest BCUT2D eigenvalue weighted by molar-refractivity contribution is 6.59. The molecule has 20 heavy (non-hydrogen) atoms. The largest absolute Gasteiger partial charge is 0.461 e. The van der Waals surface area contributed by atoms with Crippen molar-refractivity contribution in [1.29, 1.82) is 0 Å². The standard InChI is InChI=1S/C13H19N3O4/c1-3-5-20-12-9(6-11(12)17)7-15-8-10(16-14)13(18)19-4-2/h3,8-9,12H,1,4-7,14H2,2H3. The molecule has 0 spiro atoms. The molecule has 0 aromatic rings. The lowest BCUT2D eigenvalue weighted by Gasteiger charge is -2.33. The maximum absolute atomic E-state index is 11.4. The van der Waals surface area contributed by atoms with Crippen molar-refractivity contribution in [1.82, 2.24) is 0 Å². The summed E-state index contributed by atoms with van der Waals surface area (Å²) < 4.78 is 10.1. The Morgan fingerprint density at radius 1 is 1.60 bits per heavy atom. The van der Waals surface area contributed by atoms with Gasteiger partial charge >= 0.3 is 5.97 Å². The molecule has 1 aliphatic carbocycles. The Morgan fingerprint density at radius 3 is 2.90 bits per heavy atom. The maximum Gasteiger partial charge on any atom is 0.360 e. The minimum Gasteiger partial charge on any atom is -0.461 e. The summed E-state index contributed by atoms with van der Waals surface area (Å²) in [7, 11) is 0. The molecule has 7 nitrogen and oxygen atoms in total. The number of carbonyl (C=O) groups is 2. The van der Waals surface area contributed by atoms with Gasteiger partial charge in [0.25, 0.3) is 0 Å². The number of nitrogens with zero attached hydrogens (tertiary/aromatic N) is 2. The molecule has 2 atom stereocenters. The molecular formula is C13H19N3O4. The van der Waals surface area contributed by atoms with Crippen LogP contribution in [0.15, 0.2) is 22.7 Å². The number of esters is 1. The Morgan fingerprint density at radius 2 is 2.35 bits per heavy atom. The van der Waals surface area contributed by atoms with Crippen molar-refractivity contribution in [3.8, 4) is 0 Å². The van der Waals surface area contributed by atoms with Crippen molar-refractivity contribution in [3.05, 3.63) is 12.7 Å². The van der Waals surface area contributed by atoms with Crippen LogP contribution in [0.3, 0.4) is 0 Å². The van der Waals surface area contributed by atoms with E-state index < -0.39 is 12.1 Å². The molecule has 0 heterocycles. The second-order valence-electron chi connectivity index (χ2n) is 4.20. The second kappa shape index (κ2) is 8.21. The molecule has 0 amide bonds. The molecule has 0 bridgehead atoms. The highest BCUT2D eigenvalue weighted by Gasteiger charge is 2.40. The zero-order valence-corrected chi connectivity index (χ0v) is 11.4. The molecule has 0 aliphatic heterocycles. The summed E-state index contributed by atoms with van der Waals surface area (Å²) in [6.45, 7) is 6.14. The zero-order chi connectivity index (χ0) is 15.0. The first-order valence-electron chi connectivity index (χ1n) is 6.34. The number of rotatable bonds is 8. The fourth-order valence-electron chi connectivity index (χ4n) is 1.76. The van der Waals surface area contributed by atoms with Gasteiger partial charge in [-0.1, -0.05) is 6.08 Å². The third kappa shape index (κ3) is 4.27. The van der Waals surface area contributed by atoms with Crippen LogP contribution in [0.2, 0.25) is 0 Å². The van der Waals surface area contributed by atoms with Crippen LogP contribution in [0.25, 0.3) is 0 Å². The Balaban J connectivity index is 2.45. The number of hydrogen-bond donors (Lipinski definition) is 1. The van der Waals surface area contributed by atoms with Gasteiger partial charge in [0.1, 0.15) is 6.10 Å². The van der Waals surface area contributed by atoms with Crippen molar-refractivity contribution in [2.45, 2.75) is 19.4 Å². The molecule has 7 heteroatoms. The molecular weight excluding hydrogens is 262 g/mol. The Labute approximate surface area is 117 Å². The number of hydrogen-bond acceptors (Lipinski definition) is 7. The Kier molecular flexibility index (Phi) is 6.58. The quantitative estimate of drug-likeness (QED) is 0.223. The van der Waals surface area contributed by atoms with Crippen LogP contribution in [0.4, 0.5) is 0 Å². The van der Waals surface area contributed by atoms with Gasteiger partial charge in [-0.25, -0.2) is 4.79 Å². The monoisotopic (exact) mass is 281 g/mol. The molecule has 1 aliphatic rings. The first kappa shape index (κ1) is 16.0. The topological polar surface area (TPSA) is 103 Å². The van der Waals surface area contributed by atoms with Gasteiger partial charge in [-0.05, 0) is 6.92 Å². The second-order valence-corrected chi connectivity index (χ2v) is 4.20. The number of ether oxygens (including phenoxy) is 2. The van der Waals surface area contributed by atoms with Gasteiger partial charge in [0.05, 0.1) is 19.4 Å². The summed E-state index contributed by atoms with van der Waals surface area (Å²) >= 11 is 0. The van der Waals surface area contributed by atoms with Crippen molar-refractivity contribution in [3.63, 3.8) is 0 Å². The van der Waals surface area contributed by atoms with E-state index in [2.05, 4.69) is 16.7 Å². The van der Waals surface area contributed by atoms with Crippen LogP contribution in [-0.4, -0.2) is 49.5 Å². The number of Topliss-reactive ketones (excluding diaryl/α,β-unsaturated/α-hetero) is 1. The molecule has 2 unspecified atom stereocenters. The molecule has 2 N–H and O–H groups in total. The van der Waals surface area contributed by atoms with E-state index in [4.69, 9.17) is 15.3 Å². The summed E-state index contributed by atoms with van der Waals surface area (Å²) in [5, 5.41) is 3.31. The van der Waals surface area contributed by atoms with Crippen molar-refractivity contribution < 1.29 is 19.1 Å². The fraction of sp³-hybridized carbons (Fsp3) is 0.538. The first-order chi connectivity index (χ1) is 9.63. The van der Waals surface area contributed by atoms with E-state index in [9.17, 15) is 9.59 Å². The number of carbonyl (C=O) groups excluding carboxylic acids is 2. The summed E-state index contributed by atoms with van der Waals surface area (Å²) in [4.78, 5) is 26.8. The Bertz CT molecular complexity index is 431. The van der Waals surface area contributed by atoms with Gasteiger partial charge < -0.3 is 15.3 Å². The van der Waals surface area contributed by atoms with Crippen molar-refractivity contribution >= 4 is 23.7 Å². The summed E-state index contributed by atoms with van der Waals surface area (Å²) in [6, 6.07) is 0. The average Bonchev–Trinajstić information content (AvgIpc) is 2.42. The normalized spacial score (nSPS) is 22.6. The highest BCUT2D eigenvalue weighted by Crippen LogP contribution is 2.27. The number of nitrogens with two attached hydrogens (primary N) is 1. The average molecular weight is 281 g/mol. The number of hydrazone groups is 1. The molecule has 0 aromatic heterocycles. The van der Waals surface area contributed by atoms with Gasteiger partial charge in [0.15, 0.2) is 11.5 Å². The number of ketones is 1. The van der Waals surface area contributed by atoms with Crippen LogP contribution < -0.4 is 5.84 Å². The maximum atomic E-state index is 11.4. The predicted molar refractivity (Wildman–Crippen MR) is 74.7 cm³/mol. The number of aliphatic imine (C=N–C) groups is 1. The Hall–Kier alpha value is -2.02. The van der Waals surface area contributed by atoms with Crippen LogP contribution in [0.1, 0.15) is 13.3 Å². The molecule has 1 rings (SSSR count). The minimum absolute atomic E-state index is 0.0138. The van der Waals surface area contributed by atoms with Crippen molar-refractivity contribution in [2.75, 3.05) is 19.8 Å². The summed E-state index contributed by atoms with van der Waals surface area (Å²) in [6.07, 6.45) is 2.83. The van der Waals surface area contributed by atoms with Gasteiger partial charge in [-0.15, -0.1) is 6.58 Å². The van der Waals surface area contributed by atoms with E-state index >= 15 is 0 Å². The van der Waals surface area contributed by atoms with Crippen LogP contribution >= 0.6 is 0 Å². The predicted octanol–water partition coefficient (Wildman–Crippen LogP) is 0.0952. The molecule has 0 aromatic carbocycles. The summed E-state index contributed by atoms with van der Waals surface area (Å²) in [5.41, 5.74) is -0.0546. The van der Waals surface area contributed by atoms with E-state index in [0.717, 1.165) is 0 Å². The lowest BCUT2D eigenvalue weighted by atomic mass is 9.80.